The predicted molar refractivity (Wildman–Crippen MR) is 77.3 cm³/mol. The Kier molecular flexibility index (Phi) is 4.42. The molecule has 5 nitrogen and oxygen atoms in total. The van der Waals surface area contributed by atoms with Gasteiger partial charge in [0, 0.05) is 17.4 Å². The summed E-state index contributed by atoms with van der Waals surface area (Å²) in [6, 6.07) is 8.81. The zero-order valence-electron chi connectivity index (χ0n) is 11.6. The number of carboxylic acid groups (broad SMARTS) is 1. The normalized spacial score (nSPS) is 10.5. The lowest BCUT2D eigenvalue weighted by Crippen LogP contribution is -2.05. The van der Waals surface area contributed by atoms with E-state index in [2.05, 4.69) is 4.74 Å². The second kappa shape index (κ2) is 6.26. The third kappa shape index (κ3) is 3.31. The molecule has 110 valence electrons. The molecule has 0 radical (unpaired) electrons. The maximum atomic E-state index is 11.3. The van der Waals surface area contributed by atoms with Gasteiger partial charge in [-0.25, -0.2) is 0 Å². The molecular weight excluding hydrogens is 272 g/mol. The van der Waals surface area contributed by atoms with Crippen LogP contribution in [0.15, 0.2) is 30.3 Å². The number of hydrogen-bond donors (Lipinski definition) is 2. The summed E-state index contributed by atoms with van der Waals surface area (Å²) in [5.74, 6) is -1.25. The molecular formula is C16H16O5. The van der Waals surface area contributed by atoms with Crippen LogP contribution in [0.4, 0.5) is 0 Å². The van der Waals surface area contributed by atoms with Gasteiger partial charge in [0.05, 0.1) is 13.5 Å². The molecule has 0 aliphatic rings. The van der Waals surface area contributed by atoms with Gasteiger partial charge in [-0.3, -0.25) is 9.59 Å². The number of aryl methyl sites for hydroxylation is 1. The molecule has 2 aromatic carbocycles. The van der Waals surface area contributed by atoms with Crippen molar-refractivity contribution < 1.29 is 24.5 Å². The Morgan fingerprint density at radius 2 is 1.86 bits per heavy atom. The molecule has 0 atom stereocenters. The first kappa shape index (κ1) is 14.8. The van der Waals surface area contributed by atoms with Gasteiger partial charge in [0.25, 0.3) is 0 Å². The molecule has 0 fully saturated rings. The number of carbonyl (C=O) groups excluding carboxylic acids is 1. The highest BCUT2D eigenvalue weighted by atomic mass is 16.5. The third-order valence-electron chi connectivity index (χ3n) is 3.38. The van der Waals surface area contributed by atoms with Crippen LogP contribution in [0.1, 0.15) is 17.5 Å². The second-order valence-corrected chi connectivity index (χ2v) is 4.73. The van der Waals surface area contributed by atoms with Crippen LogP contribution in [0.3, 0.4) is 0 Å². The number of fused-ring (bicyclic) bond motifs is 1. The van der Waals surface area contributed by atoms with Crippen molar-refractivity contribution in [1.29, 1.82) is 0 Å². The van der Waals surface area contributed by atoms with E-state index in [0.29, 0.717) is 17.4 Å². The fraction of sp³-hybridized carbons (Fsp3) is 0.250. The van der Waals surface area contributed by atoms with Crippen LogP contribution < -0.4 is 0 Å². The number of carboxylic acids is 1. The van der Waals surface area contributed by atoms with E-state index in [0.717, 1.165) is 10.9 Å². The molecule has 0 aromatic heterocycles. The SMILES string of the molecule is COC(=O)Cc1ccc2c(CCC(=O)O)cccc2c1O. The fourth-order valence-corrected chi connectivity index (χ4v) is 2.28. The summed E-state index contributed by atoms with van der Waals surface area (Å²) < 4.78 is 4.59. The first-order chi connectivity index (χ1) is 10.0. The first-order valence-corrected chi connectivity index (χ1v) is 6.54. The number of aliphatic carboxylic acids is 1. The van der Waals surface area contributed by atoms with Crippen LogP contribution in [0.25, 0.3) is 10.8 Å². The zero-order valence-corrected chi connectivity index (χ0v) is 11.6. The number of rotatable bonds is 5. The molecule has 0 aliphatic carbocycles. The summed E-state index contributed by atoms with van der Waals surface area (Å²) in [6.45, 7) is 0. The Bertz CT molecular complexity index is 690. The Labute approximate surface area is 121 Å². The van der Waals surface area contributed by atoms with Gasteiger partial charge in [0.15, 0.2) is 0 Å². The van der Waals surface area contributed by atoms with Crippen LogP contribution >= 0.6 is 0 Å². The minimum absolute atomic E-state index is 0.00235. The number of benzene rings is 2. The number of ether oxygens (including phenoxy) is 1. The number of esters is 1. The summed E-state index contributed by atoms with van der Waals surface area (Å²) in [4.78, 5) is 22.0. The molecule has 0 spiro atoms. The van der Waals surface area contributed by atoms with Crippen LogP contribution in [-0.4, -0.2) is 29.3 Å². The van der Waals surface area contributed by atoms with E-state index in [-0.39, 0.29) is 18.6 Å². The highest BCUT2D eigenvalue weighted by Crippen LogP contribution is 2.31. The first-order valence-electron chi connectivity index (χ1n) is 6.54. The summed E-state index contributed by atoms with van der Waals surface area (Å²) in [6.07, 6.45) is 0.421. The van der Waals surface area contributed by atoms with Gasteiger partial charge in [0.1, 0.15) is 5.75 Å². The summed E-state index contributed by atoms with van der Waals surface area (Å²) >= 11 is 0. The van der Waals surface area contributed by atoms with Crippen molar-refractivity contribution in [2.24, 2.45) is 0 Å². The van der Waals surface area contributed by atoms with E-state index >= 15 is 0 Å². The average molecular weight is 288 g/mol. The highest BCUT2D eigenvalue weighted by molar-refractivity contribution is 5.93. The lowest BCUT2D eigenvalue weighted by Gasteiger charge is -2.10. The molecule has 0 bridgehead atoms. The van der Waals surface area contributed by atoms with E-state index < -0.39 is 11.9 Å². The topological polar surface area (TPSA) is 83.8 Å². The summed E-state index contributed by atoms with van der Waals surface area (Å²) in [5.41, 5.74) is 1.35. The predicted octanol–water partition coefficient (Wildman–Crippen LogP) is 2.28. The summed E-state index contributed by atoms with van der Waals surface area (Å²) in [7, 11) is 1.30. The number of phenols is 1. The molecule has 0 amide bonds. The lowest BCUT2D eigenvalue weighted by molar-refractivity contribution is -0.140. The summed E-state index contributed by atoms with van der Waals surface area (Å²) in [5, 5.41) is 20.4. The van der Waals surface area contributed by atoms with Gasteiger partial charge in [-0.15, -0.1) is 0 Å². The minimum atomic E-state index is -0.862. The molecule has 5 heteroatoms. The van der Waals surface area contributed by atoms with Crippen molar-refractivity contribution in [3.63, 3.8) is 0 Å². The maximum Gasteiger partial charge on any atom is 0.310 e. The number of carbonyl (C=O) groups is 2. The van der Waals surface area contributed by atoms with Gasteiger partial charge in [-0.05, 0) is 17.4 Å². The van der Waals surface area contributed by atoms with Crippen molar-refractivity contribution >= 4 is 22.7 Å². The van der Waals surface area contributed by atoms with Crippen molar-refractivity contribution in [3.8, 4) is 5.75 Å². The van der Waals surface area contributed by atoms with Crippen LogP contribution in [0.5, 0.6) is 5.75 Å². The molecule has 0 aliphatic heterocycles. The molecule has 2 rings (SSSR count). The van der Waals surface area contributed by atoms with Crippen LogP contribution in [-0.2, 0) is 27.2 Å². The monoisotopic (exact) mass is 288 g/mol. The van der Waals surface area contributed by atoms with Gasteiger partial charge >= 0.3 is 11.9 Å². The Morgan fingerprint density at radius 1 is 1.10 bits per heavy atom. The molecule has 0 saturated heterocycles. The van der Waals surface area contributed by atoms with Crippen molar-refractivity contribution in [1.82, 2.24) is 0 Å². The Hall–Kier alpha value is -2.56. The third-order valence-corrected chi connectivity index (χ3v) is 3.38. The Morgan fingerprint density at radius 3 is 2.52 bits per heavy atom. The number of aromatic hydroxyl groups is 1. The highest BCUT2D eigenvalue weighted by Gasteiger charge is 2.12. The molecule has 0 heterocycles. The number of methoxy groups -OCH3 is 1. The quantitative estimate of drug-likeness (QED) is 0.825. The minimum Gasteiger partial charge on any atom is -0.507 e. The van der Waals surface area contributed by atoms with Crippen molar-refractivity contribution in [2.75, 3.05) is 7.11 Å². The number of phenolic OH excluding ortho intramolecular Hbond substituents is 1. The van der Waals surface area contributed by atoms with Gasteiger partial charge in [0.2, 0.25) is 0 Å². The molecule has 0 unspecified atom stereocenters. The van der Waals surface area contributed by atoms with Crippen molar-refractivity contribution in [3.05, 3.63) is 41.5 Å². The standard InChI is InChI=1S/C16H16O5/c1-21-15(19)9-11-5-7-12-10(6-8-14(17)18)3-2-4-13(12)16(11)20/h2-5,7,20H,6,8-9H2,1H3,(H,17,18). The van der Waals surface area contributed by atoms with E-state index in [1.165, 1.54) is 7.11 Å². The average Bonchev–Trinajstić information content (AvgIpc) is 2.47. The number of hydrogen-bond acceptors (Lipinski definition) is 4. The van der Waals surface area contributed by atoms with Gasteiger partial charge in [-0.1, -0.05) is 30.3 Å². The smallest absolute Gasteiger partial charge is 0.310 e. The lowest BCUT2D eigenvalue weighted by atomic mass is 9.97. The maximum absolute atomic E-state index is 11.3. The van der Waals surface area contributed by atoms with E-state index in [4.69, 9.17) is 5.11 Å². The van der Waals surface area contributed by atoms with Crippen molar-refractivity contribution in [2.45, 2.75) is 19.3 Å². The van der Waals surface area contributed by atoms with E-state index in [9.17, 15) is 14.7 Å². The Balaban J connectivity index is 2.42. The molecule has 2 N–H and O–H groups in total. The van der Waals surface area contributed by atoms with Gasteiger partial charge < -0.3 is 14.9 Å². The molecule has 2 aromatic rings. The van der Waals surface area contributed by atoms with E-state index in [1.54, 1.807) is 24.3 Å². The fourth-order valence-electron chi connectivity index (χ4n) is 2.28. The van der Waals surface area contributed by atoms with Crippen LogP contribution in [0.2, 0.25) is 0 Å². The van der Waals surface area contributed by atoms with Gasteiger partial charge in [-0.2, -0.15) is 0 Å². The largest absolute Gasteiger partial charge is 0.507 e. The van der Waals surface area contributed by atoms with E-state index in [1.807, 2.05) is 6.07 Å². The zero-order chi connectivity index (χ0) is 15.4. The molecule has 0 saturated carbocycles. The molecule has 21 heavy (non-hydrogen) atoms. The second-order valence-electron chi connectivity index (χ2n) is 4.73. The van der Waals surface area contributed by atoms with Crippen LogP contribution in [0, 0.1) is 0 Å².